The summed E-state index contributed by atoms with van der Waals surface area (Å²) in [6.45, 7) is 5.96. The van der Waals surface area contributed by atoms with Crippen molar-refractivity contribution < 1.29 is 14.8 Å². The fourth-order valence-corrected chi connectivity index (χ4v) is 2.74. The van der Waals surface area contributed by atoms with Gasteiger partial charge in [0.1, 0.15) is 10.8 Å². The van der Waals surface area contributed by atoms with E-state index in [0.717, 1.165) is 5.56 Å². The van der Waals surface area contributed by atoms with E-state index in [2.05, 4.69) is 10.3 Å². The second-order valence-corrected chi connectivity index (χ2v) is 7.47. The summed E-state index contributed by atoms with van der Waals surface area (Å²) in [5.74, 6) is -0.940. The molecule has 26 heavy (non-hydrogen) atoms. The van der Waals surface area contributed by atoms with Crippen molar-refractivity contribution in [3.63, 3.8) is 0 Å². The zero-order valence-electron chi connectivity index (χ0n) is 14.0. The highest BCUT2D eigenvalue weighted by atomic mass is 35.5. The lowest BCUT2D eigenvalue weighted by Crippen LogP contribution is -2.36. The molecular weight excluding hydrogens is 377 g/mol. The minimum atomic E-state index is -0.599. The molecule has 0 radical (unpaired) electrons. The Bertz CT molecular complexity index is 760. The maximum Gasteiger partial charge on any atom is 0.274 e. The molecule has 1 unspecified atom stereocenters. The van der Waals surface area contributed by atoms with Crippen LogP contribution in [0.3, 0.4) is 0 Å². The van der Waals surface area contributed by atoms with Crippen molar-refractivity contribution in [2.75, 3.05) is 0 Å². The molecule has 0 saturated carbocycles. The van der Waals surface area contributed by atoms with Gasteiger partial charge in [-0.15, -0.1) is 0 Å². The largest absolute Gasteiger partial charge is 0.343 e. The van der Waals surface area contributed by atoms with Crippen LogP contribution in [0.15, 0.2) is 30.3 Å². The summed E-state index contributed by atoms with van der Waals surface area (Å²) in [6.07, 6.45) is 0. The van der Waals surface area contributed by atoms with Crippen LogP contribution in [0.1, 0.15) is 60.6 Å². The van der Waals surface area contributed by atoms with Gasteiger partial charge in [-0.3, -0.25) is 14.8 Å². The summed E-state index contributed by atoms with van der Waals surface area (Å²) in [5.41, 5.74) is 2.68. The van der Waals surface area contributed by atoms with Crippen LogP contribution < -0.4 is 10.8 Å². The van der Waals surface area contributed by atoms with Gasteiger partial charge in [0, 0.05) is 5.56 Å². The third-order valence-corrected chi connectivity index (χ3v) is 4.41. The maximum atomic E-state index is 12.5. The summed E-state index contributed by atoms with van der Waals surface area (Å²) in [4.78, 5) is 26.7. The van der Waals surface area contributed by atoms with Crippen LogP contribution in [0.2, 0.25) is 10.2 Å². The van der Waals surface area contributed by atoms with E-state index in [9.17, 15) is 9.59 Å². The summed E-state index contributed by atoms with van der Waals surface area (Å²) in [7, 11) is 0. The molecule has 6 nitrogen and oxygen atoms in total. The van der Waals surface area contributed by atoms with Crippen LogP contribution in [0.4, 0.5) is 0 Å². The number of aromatic amines is 1. The Morgan fingerprint density at radius 3 is 2.12 bits per heavy atom. The van der Waals surface area contributed by atoms with E-state index < -0.39 is 5.91 Å². The van der Waals surface area contributed by atoms with Crippen LogP contribution in [0, 0.1) is 5.41 Å². The van der Waals surface area contributed by atoms with Crippen molar-refractivity contribution in [3.05, 3.63) is 57.3 Å². The molecule has 142 valence electrons. The lowest BCUT2D eigenvalue weighted by Gasteiger charge is -2.32. The first kappa shape index (κ1) is 22.0. The van der Waals surface area contributed by atoms with Gasteiger partial charge in [0.2, 0.25) is 0 Å². The number of halogens is 2. The third kappa shape index (κ3) is 5.00. The van der Waals surface area contributed by atoms with Crippen LogP contribution in [-0.2, 0) is 0 Å². The molecule has 0 saturated heterocycles. The van der Waals surface area contributed by atoms with Gasteiger partial charge in [0.05, 0.1) is 11.1 Å². The first-order chi connectivity index (χ1) is 11.6. The van der Waals surface area contributed by atoms with Crippen LogP contribution >= 0.6 is 23.2 Å². The van der Waals surface area contributed by atoms with E-state index in [-0.39, 0.29) is 40.7 Å². The van der Waals surface area contributed by atoms with E-state index in [4.69, 9.17) is 28.4 Å². The molecule has 1 atom stereocenters. The molecule has 2 rings (SSSR count). The van der Waals surface area contributed by atoms with E-state index in [0.29, 0.717) is 5.56 Å². The Labute approximate surface area is 162 Å². The minimum absolute atomic E-state index is 0. The Morgan fingerprint density at radius 1 is 1.12 bits per heavy atom. The Balaban J connectivity index is 0.00000338. The lowest BCUT2D eigenvalue weighted by atomic mass is 9.82. The number of rotatable bonds is 4. The quantitative estimate of drug-likeness (QED) is 0.447. The number of benzene rings is 1. The normalized spacial score (nSPS) is 12.1. The first-order valence-corrected chi connectivity index (χ1v) is 8.28. The molecule has 2 aromatic rings. The predicted octanol–water partition coefficient (Wildman–Crippen LogP) is 4.59. The Hall–Kier alpha value is -2.02. The molecule has 0 aliphatic carbocycles. The van der Waals surface area contributed by atoms with Crippen molar-refractivity contribution in [1.29, 1.82) is 0 Å². The third-order valence-electron chi connectivity index (χ3n) is 3.72. The number of aromatic nitrogens is 1. The molecule has 0 spiro atoms. The average Bonchev–Trinajstić information content (AvgIpc) is 2.90. The van der Waals surface area contributed by atoms with Gasteiger partial charge >= 0.3 is 0 Å². The molecule has 0 aliphatic rings. The summed E-state index contributed by atoms with van der Waals surface area (Å²) in [6, 6.07) is 7.76. The molecular formula is C18H23Cl2N3O3. The number of nitrogens with one attached hydrogen (secondary N) is 3. The smallest absolute Gasteiger partial charge is 0.274 e. The average molecular weight is 400 g/mol. The summed E-state index contributed by atoms with van der Waals surface area (Å²) < 4.78 is 0. The fourth-order valence-electron chi connectivity index (χ4n) is 2.43. The Morgan fingerprint density at radius 2 is 1.69 bits per heavy atom. The van der Waals surface area contributed by atoms with E-state index in [1.165, 1.54) is 6.07 Å². The number of hydrogen-bond donors (Lipinski definition) is 4. The fraction of sp³-hybridized carbons (Fsp3) is 0.333. The molecule has 2 amide bonds. The van der Waals surface area contributed by atoms with Gasteiger partial charge < -0.3 is 10.3 Å². The zero-order chi connectivity index (χ0) is 18.8. The van der Waals surface area contributed by atoms with Gasteiger partial charge in [-0.1, -0.05) is 63.5 Å². The van der Waals surface area contributed by atoms with E-state index >= 15 is 0 Å². The molecule has 0 bridgehead atoms. The summed E-state index contributed by atoms with van der Waals surface area (Å²) >= 11 is 11.7. The maximum absolute atomic E-state index is 12.5. The number of H-pyrrole nitrogens is 1. The van der Waals surface area contributed by atoms with Gasteiger partial charge in [0.15, 0.2) is 0 Å². The number of carbonyl (C=O) groups excluding carboxylic acids is 2. The van der Waals surface area contributed by atoms with E-state index in [1.807, 2.05) is 20.8 Å². The van der Waals surface area contributed by atoms with E-state index in [1.54, 1.807) is 29.7 Å². The molecule has 0 aliphatic heterocycles. The lowest BCUT2D eigenvalue weighted by molar-refractivity contribution is 0.0706. The Kier molecular flexibility index (Phi) is 7.26. The standard InChI is InChI=1S/C17H19Cl2N3O3.CH4/c1-17(2,3)13(9-4-6-10(7-5-9)15(23)22-25)21-16(24)12-8-11(18)14(19)20-12;/h4-8,13,20,25H,1-3H3,(H,21,24)(H,22,23);1H4. The molecule has 0 fully saturated rings. The van der Waals surface area contributed by atoms with Crippen LogP contribution in [0.25, 0.3) is 0 Å². The zero-order valence-corrected chi connectivity index (χ0v) is 15.5. The molecule has 1 aromatic carbocycles. The number of carbonyl (C=O) groups is 2. The SMILES string of the molecule is C.CC(C)(C)C(NC(=O)c1cc(Cl)c(Cl)[nH]1)c1ccc(C(=O)NO)cc1. The predicted molar refractivity (Wildman–Crippen MR) is 103 cm³/mol. The molecule has 1 heterocycles. The van der Waals surface area contributed by atoms with Crippen molar-refractivity contribution in [3.8, 4) is 0 Å². The van der Waals surface area contributed by atoms with Gasteiger partial charge in [0.25, 0.3) is 11.8 Å². The highest BCUT2D eigenvalue weighted by molar-refractivity contribution is 6.41. The van der Waals surface area contributed by atoms with Crippen molar-refractivity contribution in [1.82, 2.24) is 15.8 Å². The molecule has 4 N–H and O–H groups in total. The second-order valence-electron chi connectivity index (χ2n) is 6.68. The number of hydrogen-bond acceptors (Lipinski definition) is 3. The van der Waals surface area contributed by atoms with Crippen LogP contribution in [-0.4, -0.2) is 22.0 Å². The second kappa shape index (κ2) is 8.58. The van der Waals surface area contributed by atoms with Crippen LogP contribution in [0.5, 0.6) is 0 Å². The minimum Gasteiger partial charge on any atom is -0.343 e. The highest BCUT2D eigenvalue weighted by Gasteiger charge is 2.29. The first-order valence-electron chi connectivity index (χ1n) is 7.52. The topological polar surface area (TPSA) is 94.2 Å². The molecule has 1 aromatic heterocycles. The molecule has 8 heteroatoms. The van der Waals surface area contributed by atoms with Gasteiger partial charge in [-0.05, 0) is 29.2 Å². The van der Waals surface area contributed by atoms with Crippen molar-refractivity contribution in [2.45, 2.75) is 34.2 Å². The summed E-state index contributed by atoms with van der Waals surface area (Å²) in [5, 5.41) is 12.1. The van der Waals surface area contributed by atoms with Gasteiger partial charge in [-0.25, -0.2) is 5.48 Å². The van der Waals surface area contributed by atoms with Crippen molar-refractivity contribution >= 4 is 35.0 Å². The van der Waals surface area contributed by atoms with Gasteiger partial charge in [-0.2, -0.15) is 0 Å². The number of amides is 2. The highest BCUT2D eigenvalue weighted by Crippen LogP contribution is 2.33. The van der Waals surface area contributed by atoms with Crippen molar-refractivity contribution in [2.24, 2.45) is 5.41 Å². The monoisotopic (exact) mass is 399 g/mol. The number of hydroxylamine groups is 1.